The van der Waals surface area contributed by atoms with Crippen LogP contribution in [0.25, 0.3) is 10.9 Å². The third-order valence-corrected chi connectivity index (χ3v) is 6.52. The number of hydrogen-bond acceptors (Lipinski definition) is 7. The number of rotatable bonds is 9. The van der Waals surface area contributed by atoms with Crippen LogP contribution >= 0.6 is 0 Å². The topological polar surface area (TPSA) is 127 Å². The molecule has 1 aromatic heterocycles. The van der Waals surface area contributed by atoms with Crippen LogP contribution in [0.1, 0.15) is 58.8 Å². The van der Waals surface area contributed by atoms with Crippen molar-refractivity contribution in [1.29, 1.82) is 5.26 Å². The fourth-order valence-corrected chi connectivity index (χ4v) is 4.67. The zero-order chi connectivity index (χ0) is 25.1. The fourth-order valence-electron chi connectivity index (χ4n) is 4.67. The first-order valence-electron chi connectivity index (χ1n) is 11.5. The van der Waals surface area contributed by atoms with Crippen molar-refractivity contribution in [2.45, 2.75) is 57.5 Å². The molecule has 9 heteroatoms. The van der Waals surface area contributed by atoms with Gasteiger partial charge in [-0.1, -0.05) is 12.8 Å². The summed E-state index contributed by atoms with van der Waals surface area (Å²) in [6, 6.07) is 8.45. The minimum absolute atomic E-state index is 0.0219. The van der Waals surface area contributed by atoms with Gasteiger partial charge in [-0.05, 0) is 49.6 Å². The van der Waals surface area contributed by atoms with Crippen LogP contribution in [0.5, 0.6) is 11.5 Å². The van der Waals surface area contributed by atoms with E-state index >= 15 is 0 Å². The summed E-state index contributed by atoms with van der Waals surface area (Å²) < 4.78 is 18.9. The number of aromatic carboxylic acids is 1. The molecule has 1 saturated carbocycles. The first kappa shape index (κ1) is 24.5. The lowest BCUT2D eigenvalue weighted by molar-refractivity contribution is -0.0845. The number of carboxylic acids is 1. The van der Waals surface area contributed by atoms with Crippen molar-refractivity contribution in [2.75, 3.05) is 14.2 Å². The van der Waals surface area contributed by atoms with Crippen molar-refractivity contribution in [3.05, 3.63) is 52.7 Å². The van der Waals surface area contributed by atoms with Crippen LogP contribution in [-0.4, -0.2) is 52.4 Å². The van der Waals surface area contributed by atoms with Crippen molar-refractivity contribution < 1.29 is 29.2 Å². The molecule has 0 bridgehead atoms. The van der Waals surface area contributed by atoms with E-state index in [9.17, 15) is 20.3 Å². The Balaban J connectivity index is 1.71. The second kappa shape index (κ2) is 10.3. The van der Waals surface area contributed by atoms with Crippen molar-refractivity contribution in [3.63, 3.8) is 0 Å². The highest BCUT2D eigenvalue weighted by Crippen LogP contribution is 2.35. The van der Waals surface area contributed by atoms with Crippen molar-refractivity contribution in [1.82, 2.24) is 9.78 Å². The summed E-state index contributed by atoms with van der Waals surface area (Å²) in [6.45, 7) is 2.07. The number of carboxylic acid groups (broad SMARTS) is 1. The zero-order valence-electron chi connectivity index (χ0n) is 20.0. The summed E-state index contributed by atoms with van der Waals surface area (Å²) in [5, 5.41) is 35.3. The first-order valence-corrected chi connectivity index (χ1v) is 11.5. The molecule has 0 spiro atoms. The molecule has 1 heterocycles. The SMILES string of the molecule is COc1cc(C(O)C(Cn2cc3cc(C#N)cc(C(=O)O)c3n2)OC2CCCC2)cc(OC)c1C. The number of ether oxygens (including phenoxy) is 3. The van der Waals surface area contributed by atoms with Gasteiger partial charge in [-0.25, -0.2) is 4.79 Å². The molecule has 0 aliphatic heterocycles. The van der Waals surface area contributed by atoms with E-state index in [0.717, 1.165) is 31.2 Å². The van der Waals surface area contributed by atoms with E-state index in [1.54, 1.807) is 43.3 Å². The predicted octanol–water partition coefficient (Wildman–Crippen LogP) is 3.99. The van der Waals surface area contributed by atoms with Crippen LogP contribution < -0.4 is 9.47 Å². The lowest BCUT2D eigenvalue weighted by atomic mass is 10.0. The largest absolute Gasteiger partial charge is 0.496 e. The van der Waals surface area contributed by atoms with Crippen LogP contribution in [0.15, 0.2) is 30.5 Å². The molecule has 1 aliphatic carbocycles. The van der Waals surface area contributed by atoms with Gasteiger partial charge in [0, 0.05) is 17.1 Å². The molecule has 9 nitrogen and oxygen atoms in total. The van der Waals surface area contributed by atoms with Crippen LogP contribution in [-0.2, 0) is 11.3 Å². The van der Waals surface area contributed by atoms with E-state index in [-0.39, 0.29) is 29.3 Å². The van der Waals surface area contributed by atoms with Crippen molar-refractivity contribution in [3.8, 4) is 17.6 Å². The Labute approximate surface area is 203 Å². The molecule has 1 fully saturated rings. The lowest BCUT2D eigenvalue weighted by Crippen LogP contribution is -2.31. The second-order valence-electron chi connectivity index (χ2n) is 8.81. The number of aromatic nitrogens is 2. The zero-order valence-corrected chi connectivity index (χ0v) is 20.0. The molecule has 0 saturated heterocycles. The summed E-state index contributed by atoms with van der Waals surface area (Å²) in [6.07, 6.45) is 4.01. The van der Waals surface area contributed by atoms with Gasteiger partial charge in [0.1, 0.15) is 29.2 Å². The highest BCUT2D eigenvalue weighted by atomic mass is 16.5. The molecular weight excluding hydrogens is 450 g/mol. The van der Waals surface area contributed by atoms with Crippen molar-refractivity contribution in [2.24, 2.45) is 0 Å². The number of aliphatic hydroxyl groups is 1. The lowest BCUT2D eigenvalue weighted by Gasteiger charge is -2.27. The highest BCUT2D eigenvalue weighted by Gasteiger charge is 2.29. The monoisotopic (exact) mass is 479 g/mol. The first-order chi connectivity index (χ1) is 16.8. The average molecular weight is 480 g/mol. The van der Waals surface area contributed by atoms with Crippen LogP contribution in [0, 0.1) is 18.3 Å². The van der Waals surface area contributed by atoms with Gasteiger partial charge in [0.2, 0.25) is 0 Å². The molecular formula is C26H29N3O6. The van der Waals surface area contributed by atoms with E-state index in [4.69, 9.17) is 14.2 Å². The van der Waals surface area contributed by atoms with Crippen molar-refractivity contribution >= 4 is 16.9 Å². The molecule has 2 atom stereocenters. The Kier molecular flexibility index (Phi) is 7.24. The number of benzene rings is 2. The van der Waals surface area contributed by atoms with Gasteiger partial charge in [0.05, 0.1) is 44.1 Å². The third kappa shape index (κ3) is 5.09. The maximum absolute atomic E-state index is 11.7. The number of aliphatic hydroxyl groups excluding tert-OH is 1. The minimum atomic E-state index is -1.16. The van der Waals surface area contributed by atoms with Gasteiger partial charge in [-0.2, -0.15) is 10.4 Å². The molecule has 1 aliphatic rings. The second-order valence-corrected chi connectivity index (χ2v) is 8.81. The van der Waals surface area contributed by atoms with E-state index in [0.29, 0.717) is 22.4 Å². The standard InChI is InChI=1S/C26H29N3O6/c1-15-21(33-2)10-17(11-22(15)34-3)25(30)23(35-19-6-4-5-7-19)14-29-13-18-8-16(12-27)9-20(26(31)32)24(18)28-29/h8-11,13,19,23,25,30H,4-7,14H2,1-3H3,(H,31,32). The fraction of sp³-hybridized carbons (Fsp3) is 0.423. The Morgan fingerprint density at radius 1 is 1.20 bits per heavy atom. The maximum atomic E-state index is 11.7. The molecule has 0 radical (unpaired) electrons. The van der Waals surface area contributed by atoms with E-state index in [2.05, 4.69) is 5.10 Å². The third-order valence-electron chi connectivity index (χ3n) is 6.52. The normalized spacial score (nSPS) is 15.6. The molecule has 0 amide bonds. The summed E-state index contributed by atoms with van der Waals surface area (Å²) in [7, 11) is 3.13. The van der Waals surface area contributed by atoms with E-state index < -0.39 is 18.2 Å². The Morgan fingerprint density at radius 2 is 1.86 bits per heavy atom. The maximum Gasteiger partial charge on any atom is 0.338 e. The Bertz CT molecular complexity index is 1250. The molecule has 184 valence electrons. The molecule has 3 aromatic rings. The van der Waals surface area contributed by atoms with E-state index in [1.807, 2.05) is 13.0 Å². The number of methoxy groups -OCH3 is 2. The number of nitrogens with zero attached hydrogens (tertiary/aromatic N) is 3. The highest BCUT2D eigenvalue weighted by molar-refractivity contribution is 6.02. The minimum Gasteiger partial charge on any atom is -0.496 e. The smallest absolute Gasteiger partial charge is 0.338 e. The van der Waals surface area contributed by atoms with Crippen LogP contribution in [0.3, 0.4) is 0 Å². The van der Waals surface area contributed by atoms with Crippen LogP contribution in [0.2, 0.25) is 0 Å². The van der Waals surface area contributed by atoms with Gasteiger partial charge in [0.15, 0.2) is 0 Å². The average Bonchev–Trinajstić information content (AvgIpc) is 3.51. The van der Waals surface area contributed by atoms with E-state index in [1.165, 1.54) is 6.07 Å². The molecule has 2 unspecified atom stereocenters. The quantitative estimate of drug-likeness (QED) is 0.472. The molecule has 4 rings (SSSR count). The number of nitriles is 1. The van der Waals surface area contributed by atoms with Gasteiger partial charge < -0.3 is 24.4 Å². The number of carbonyl (C=O) groups is 1. The van der Waals surface area contributed by atoms with Gasteiger partial charge in [-0.15, -0.1) is 0 Å². The summed E-state index contributed by atoms with van der Waals surface area (Å²) >= 11 is 0. The summed E-state index contributed by atoms with van der Waals surface area (Å²) in [4.78, 5) is 11.7. The van der Waals surface area contributed by atoms with Gasteiger partial charge in [-0.3, -0.25) is 4.68 Å². The summed E-state index contributed by atoms with van der Waals surface area (Å²) in [5.74, 6) is 0.0333. The predicted molar refractivity (Wildman–Crippen MR) is 128 cm³/mol. The van der Waals surface area contributed by atoms with Crippen LogP contribution in [0.4, 0.5) is 0 Å². The number of fused-ring (bicyclic) bond motifs is 1. The number of hydrogen-bond donors (Lipinski definition) is 2. The molecule has 35 heavy (non-hydrogen) atoms. The van der Waals surface area contributed by atoms with Gasteiger partial charge >= 0.3 is 5.97 Å². The summed E-state index contributed by atoms with van der Waals surface area (Å²) in [5.41, 5.74) is 1.89. The molecule has 2 aromatic carbocycles. The molecule has 2 N–H and O–H groups in total. The Hall–Kier alpha value is -3.61. The Morgan fingerprint density at radius 3 is 2.43 bits per heavy atom. The van der Waals surface area contributed by atoms with Gasteiger partial charge in [0.25, 0.3) is 0 Å².